The van der Waals surface area contributed by atoms with Gasteiger partial charge in [-0.15, -0.1) is 0 Å². The number of halogens is 1. The molecule has 7 heteroatoms. The summed E-state index contributed by atoms with van der Waals surface area (Å²) in [7, 11) is 0. The van der Waals surface area contributed by atoms with Gasteiger partial charge in [-0.3, -0.25) is 4.79 Å². The number of ether oxygens (including phenoxy) is 1. The van der Waals surface area contributed by atoms with E-state index in [1.54, 1.807) is 4.90 Å². The van der Waals surface area contributed by atoms with Crippen LogP contribution in [0.5, 0.6) is 0 Å². The molecule has 1 heterocycles. The van der Waals surface area contributed by atoms with Crippen molar-refractivity contribution in [2.24, 2.45) is 10.5 Å². The molecule has 0 saturated carbocycles. The Kier molecular flexibility index (Phi) is 6.16. The molecule has 0 aromatic heterocycles. The van der Waals surface area contributed by atoms with Crippen molar-refractivity contribution < 1.29 is 9.53 Å². The summed E-state index contributed by atoms with van der Waals surface area (Å²) < 4.78 is 6.05. The normalized spacial score (nSPS) is 24.7. The molecule has 0 spiro atoms. The van der Waals surface area contributed by atoms with E-state index in [0.29, 0.717) is 18.5 Å². The predicted octanol–water partition coefficient (Wildman–Crippen LogP) is 4.65. The number of azide groups is 1. The maximum Gasteiger partial charge on any atom is 0.253 e. The number of benzene rings is 2. The van der Waals surface area contributed by atoms with Crippen molar-refractivity contribution in [3.8, 4) is 0 Å². The van der Waals surface area contributed by atoms with Crippen molar-refractivity contribution in [1.29, 1.82) is 0 Å². The highest BCUT2D eigenvalue weighted by Crippen LogP contribution is 2.43. The summed E-state index contributed by atoms with van der Waals surface area (Å²) in [6.07, 6.45) is -1.33. The van der Waals surface area contributed by atoms with Gasteiger partial charge in [0.15, 0.2) is 0 Å². The molecular weight excluding hydrogens is 408 g/mol. The van der Waals surface area contributed by atoms with Crippen LogP contribution in [-0.4, -0.2) is 28.4 Å². The maximum absolute atomic E-state index is 13.2. The maximum atomic E-state index is 13.2. The summed E-state index contributed by atoms with van der Waals surface area (Å²) in [5.41, 5.74) is 10.4. The molecule has 1 amide bonds. The smallest absolute Gasteiger partial charge is 0.253 e. The third kappa shape index (κ3) is 4.00. The number of carbonyl (C=O) groups is 1. The zero-order valence-electron chi connectivity index (χ0n) is 15.0. The molecule has 2 aromatic carbocycles. The number of alkyl halides is 1. The number of likely N-dealkylation sites (tertiary alicyclic amines) is 1. The first-order chi connectivity index (χ1) is 13.1. The Balaban J connectivity index is 1.87. The lowest BCUT2D eigenvalue weighted by Crippen LogP contribution is -2.41. The average Bonchev–Trinajstić information content (AvgIpc) is 2.90. The molecule has 0 unspecified atom stereocenters. The zero-order valence-corrected chi connectivity index (χ0v) is 16.6. The van der Waals surface area contributed by atoms with Gasteiger partial charge in [-0.25, -0.2) is 0 Å². The lowest BCUT2D eigenvalue weighted by atomic mass is 9.86. The van der Waals surface area contributed by atoms with Crippen molar-refractivity contribution in [3.05, 3.63) is 82.2 Å². The molecule has 1 aliphatic heterocycles. The third-order valence-electron chi connectivity index (χ3n) is 4.90. The number of carbonyl (C=O) groups excluding carboxylic acids is 1. The van der Waals surface area contributed by atoms with Crippen LogP contribution in [0, 0.1) is 5.41 Å². The second kappa shape index (κ2) is 8.57. The summed E-state index contributed by atoms with van der Waals surface area (Å²) in [6, 6.07) is 19.4. The molecule has 3 atom stereocenters. The molecular formula is C20H21BrN4O2. The van der Waals surface area contributed by atoms with Crippen LogP contribution in [0.25, 0.3) is 10.4 Å². The van der Waals surface area contributed by atoms with Gasteiger partial charge in [0.2, 0.25) is 0 Å². The standard InChI is InChI=1S/C20H21BrN4O2/c1-20(14-21)17(27-13-16-10-6-3-7-11-16)18(26)25(19(20)23-24-22)12-15-8-4-2-5-9-15/h2-11,17,19H,12-14H2,1H3/t17-,19-,20+/m1/s1. The van der Waals surface area contributed by atoms with Crippen molar-refractivity contribution in [2.75, 3.05) is 5.33 Å². The molecule has 3 rings (SSSR count). The molecule has 1 aliphatic rings. The van der Waals surface area contributed by atoms with E-state index < -0.39 is 17.7 Å². The monoisotopic (exact) mass is 428 g/mol. The van der Waals surface area contributed by atoms with E-state index in [9.17, 15) is 4.79 Å². The Hall–Kier alpha value is -2.34. The highest BCUT2D eigenvalue weighted by molar-refractivity contribution is 9.09. The van der Waals surface area contributed by atoms with Crippen LogP contribution in [0.3, 0.4) is 0 Å². The first-order valence-electron chi connectivity index (χ1n) is 8.70. The van der Waals surface area contributed by atoms with Gasteiger partial charge in [-0.1, -0.05) is 88.6 Å². The summed E-state index contributed by atoms with van der Waals surface area (Å²) in [4.78, 5) is 17.8. The number of amides is 1. The highest BCUT2D eigenvalue weighted by atomic mass is 79.9. The fraction of sp³-hybridized carbons (Fsp3) is 0.350. The van der Waals surface area contributed by atoms with E-state index in [1.807, 2.05) is 67.6 Å². The number of hydrogen-bond donors (Lipinski definition) is 0. The SMILES string of the molecule is C[C@]1(CBr)[C@H](OCc2ccccc2)C(=O)N(Cc2ccccc2)[C@H]1N=[N+]=[N-]. The van der Waals surface area contributed by atoms with Crippen LogP contribution in [0.2, 0.25) is 0 Å². The predicted molar refractivity (Wildman–Crippen MR) is 107 cm³/mol. The lowest BCUT2D eigenvalue weighted by Gasteiger charge is -2.32. The summed E-state index contributed by atoms with van der Waals surface area (Å²) in [5.74, 6) is -0.158. The number of nitrogens with zero attached hydrogens (tertiary/aromatic N) is 4. The van der Waals surface area contributed by atoms with Gasteiger partial charge in [0.25, 0.3) is 5.91 Å². The summed E-state index contributed by atoms with van der Waals surface area (Å²) in [6.45, 7) is 2.61. The first kappa shape index (κ1) is 19.4. The molecule has 27 heavy (non-hydrogen) atoms. The molecule has 1 fully saturated rings. The van der Waals surface area contributed by atoms with Crippen LogP contribution < -0.4 is 0 Å². The number of rotatable bonds is 7. The molecule has 0 aliphatic carbocycles. The van der Waals surface area contributed by atoms with E-state index in [4.69, 9.17) is 10.3 Å². The number of hydrogen-bond acceptors (Lipinski definition) is 3. The van der Waals surface area contributed by atoms with Crippen molar-refractivity contribution in [1.82, 2.24) is 4.90 Å². The Morgan fingerprint density at radius 2 is 1.74 bits per heavy atom. The van der Waals surface area contributed by atoms with E-state index in [2.05, 4.69) is 26.0 Å². The third-order valence-corrected chi connectivity index (χ3v) is 6.10. The minimum Gasteiger partial charge on any atom is -0.363 e. The van der Waals surface area contributed by atoms with Crippen LogP contribution >= 0.6 is 15.9 Å². The Morgan fingerprint density at radius 1 is 1.15 bits per heavy atom. The Morgan fingerprint density at radius 3 is 2.30 bits per heavy atom. The minimum absolute atomic E-state index is 0.158. The van der Waals surface area contributed by atoms with Gasteiger partial charge in [-0.05, 0) is 16.7 Å². The first-order valence-corrected chi connectivity index (χ1v) is 9.82. The topological polar surface area (TPSA) is 78.3 Å². The fourth-order valence-electron chi connectivity index (χ4n) is 3.39. The second-order valence-electron chi connectivity index (χ2n) is 6.85. The largest absolute Gasteiger partial charge is 0.363 e. The fourth-order valence-corrected chi connectivity index (χ4v) is 3.97. The Labute approximate surface area is 166 Å². The molecule has 0 radical (unpaired) electrons. The van der Waals surface area contributed by atoms with Gasteiger partial charge >= 0.3 is 0 Å². The van der Waals surface area contributed by atoms with E-state index >= 15 is 0 Å². The van der Waals surface area contributed by atoms with Crippen LogP contribution in [-0.2, 0) is 22.7 Å². The van der Waals surface area contributed by atoms with E-state index in [-0.39, 0.29) is 5.91 Å². The van der Waals surface area contributed by atoms with Gasteiger partial charge in [0.05, 0.1) is 6.61 Å². The molecule has 6 nitrogen and oxygen atoms in total. The molecule has 1 saturated heterocycles. The summed E-state index contributed by atoms with van der Waals surface area (Å²) in [5, 5.41) is 4.43. The van der Waals surface area contributed by atoms with Gasteiger partial charge < -0.3 is 9.64 Å². The molecule has 140 valence electrons. The lowest BCUT2D eigenvalue weighted by molar-refractivity contribution is -0.141. The zero-order chi connectivity index (χ0) is 19.3. The van der Waals surface area contributed by atoms with E-state index in [0.717, 1.165) is 11.1 Å². The van der Waals surface area contributed by atoms with E-state index in [1.165, 1.54) is 0 Å². The average molecular weight is 429 g/mol. The Bertz CT molecular complexity index is 826. The van der Waals surface area contributed by atoms with Gasteiger partial charge in [0.1, 0.15) is 12.3 Å². The molecule has 0 bridgehead atoms. The van der Waals surface area contributed by atoms with Crippen molar-refractivity contribution >= 4 is 21.8 Å². The quantitative estimate of drug-likeness (QED) is 0.278. The van der Waals surface area contributed by atoms with Gasteiger partial charge in [-0.2, -0.15) is 0 Å². The summed E-state index contributed by atoms with van der Waals surface area (Å²) >= 11 is 3.51. The second-order valence-corrected chi connectivity index (χ2v) is 7.41. The van der Waals surface area contributed by atoms with Crippen LogP contribution in [0.4, 0.5) is 0 Å². The van der Waals surface area contributed by atoms with Crippen molar-refractivity contribution in [3.63, 3.8) is 0 Å². The molecule has 2 aromatic rings. The van der Waals surface area contributed by atoms with Crippen LogP contribution in [0.1, 0.15) is 18.1 Å². The van der Waals surface area contributed by atoms with Gasteiger partial charge in [0, 0.05) is 22.2 Å². The van der Waals surface area contributed by atoms with Crippen LogP contribution in [0.15, 0.2) is 65.8 Å². The highest BCUT2D eigenvalue weighted by Gasteiger charge is 2.56. The minimum atomic E-state index is -0.698. The van der Waals surface area contributed by atoms with Crippen molar-refractivity contribution in [2.45, 2.75) is 32.3 Å². The molecule has 0 N–H and O–H groups in total.